The van der Waals surface area contributed by atoms with E-state index in [9.17, 15) is 21.6 Å². The van der Waals surface area contributed by atoms with Crippen LogP contribution in [-0.2, 0) is 10.0 Å². The number of anilines is 1. The van der Waals surface area contributed by atoms with Crippen LogP contribution in [0.5, 0.6) is 5.75 Å². The molecule has 0 aliphatic heterocycles. The van der Waals surface area contributed by atoms with Gasteiger partial charge in [0.1, 0.15) is 12.1 Å². The minimum absolute atomic E-state index is 0.228. The van der Waals surface area contributed by atoms with E-state index < -0.39 is 22.1 Å². The molecule has 142 valence electrons. The van der Waals surface area contributed by atoms with Gasteiger partial charge in [0.2, 0.25) is 0 Å². The largest absolute Gasteiger partial charge is 0.573 e. The second-order valence-electron chi connectivity index (χ2n) is 5.38. The maximum Gasteiger partial charge on any atom is 0.573 e. The first-order chi connectivity index (χ1) is 12.6. The fraction of sp³-hybridized carbons (Fsp3) is 0.133. The molecule has 0 bridgehead atoms. The van der Waals surface area contributed by atoms with E-state index in [0.29, 0.717) is 11.3 Å². The predicted octanol–water partition coefficient (Wildman–Crippen LogP) is 2.67. The van der Waals surface area contributed by atoms with Crippen LogP contribution in [0.3, 0.4) is 0 Å². The zero-order valence-corrected chi connectivity index (χ0v) is 14.5. The van der Waals surface area contributed by atoms with Crippen molar-refractivity contribution in [1.29, 1.82) is 0 Å². The number of halogens is 3. The molecule has 0 aliphatic rings. The number of aromatic nitrogens is 4. The van der Waals surface area contributed by atoms with E-state index in [-0.39, 0.29) is 10.6 Å². The highest BCUT2D eigenvalue weighted by molar-refractivity contribution is 7.92. The molecule has 0 unspecified atom stereocenters. The summed E-state index contributed by atoms with van der Waals surface area (Å²) in [5.41, 5.74) is 1.55. The molecule has 0 saturated heterocycles. The molecule has 0 atom stereocenters. The number of tetrazole rings is 1. The van der Waals surface area contributed by atoms with E-state index in [1.54, 1.807) is 19.1 Å². The fourth-order valence-corrected chi connectivity index (χ4v) is 3.38. The molecule has 3 rings (SSSR count). The minimum atomic E-state index is -4.92. The van der Waals surface area contributed by atoms with Gasteiger partial charge in [0.15, 0.2) is 0 Å². The number of benzene rings is 2. The Labute approximate surface area is 151 Å². The Morgan fingerprint density at radius 1 is 1.15 bits per heavy atom. The topological polar surface area (TPSA) is 99.0 Å². The van der Waals surface area contributed by atoms with Crippen molar-refractivity contribution in [3.63, 3.8) is 0 Å². The van der Waals surface area contributed by atoms with Gasteiger partial charge < -0.3 is 4.74 Å². The summed E-state index contributed by atoms with van der Waals surface area (Å²) < 4.78 is 69.3. The average molecular weight is 399 g/mol. The molecule has 0 amide bonds. The molecule has 0 aliphatic carbocycles. The van der Waals surface area contributed by atoms with Gasteiger partial charge in [0.25, 0.3) is 10.0 Å². The summed E-state index contributed by atoms with van der Waals surface area (Å²) >= 11 is 0. The van der Waals surface area contributed by atoms with Crippen molar-refractivity contribution in [1.82, 2.24) is 20.2 Å². The van der Waals surface area contributed by atoms with Crippen LogP contribution < -0.4 is 9.46 Å². The van der Waals surface area contributed by atoms with Crippen LogP contribution in [0.4, 0.5) is 18.9 Å². The van der Waals surface area contributed by atoms with Crippen LogP contribution in [0.2, 0.25) is 0 Å². The van der Waals surface area contributed by atoms with Gasteiger partial charge >= 0.3 is 6.36 Å². The third-order valence-corrected chi connectivity index (χ3v) is 4.77. The Bertz CT molecular complexity index is 1050. The fourth-order valence-electron chi connectivity index (χ4n) is 2.30. The van der Waals surface area contributed by atoms with Crippen molar-refractivity contribution in [3.8, 4) is 11.4 Å². The van der Waals surface area contributed by atoms with Crippen LogP contribution in [0.15, 0.2) is 53.7 Å². The monoisotopic (exact) mass is 399 g/mol. The summed E-state index contributed by atoms with van der Waals surface area (Å²) in [6.45, 7) is 1.73. The number of hydrogen-bond donors (Lipinski definition) is 1. The third kappa shape index (κ3) is 4.53. The van der Waals surface area contributed by atoms with Crippen molar-refractivity contribution < 1.29 is 26.3 Å². The highest BCUT2D eigenvalue weighted by Crippen LogP contribution is 2.26. The summed E-state index contributed by atoms with van der Waals surface area (Å²) in [5, 5.41) is 10.8. The first kappa shape index (κ1) is 18.6. The molecule has 2 aromatic carbocycles. The van der Waals surface area contributed by atoms with Gasteiger partial charge in [0.05, 0.1) is 10.6 Å². The van der Waals surface area contributed by atoms with Gasteiger partial charge in [-0.25, -0.2) is 13.1 Å². The van der Waals surface area contributed by atoms with Crippen LogP contribution >= 0.6 is 0 Å². The van der Waals surface area contributed by atoms with Gasteiger partial charge in [-0.15, -0.1) is 18.3 Å². The Kier molecular flexibility index (Phi) is 4.74. The van der Waals surface area contributed by atoms with E-state index in [2.05, 4.69) is 25.0 Å². The Morgan fingerprint density at radius 3 is 2.56 bits per heavy atom. The lowest BCUT2D eigenvalue weighted by Gasteiger charge is -2.13. The molecule has 0 fully saturated rings. The highest BCUT2D eigenvalue weighted by Gasteiger charge is 2.31. The standard InChI is InChI=1S/C15H12F3N5O3S/c1-10-7-11(5-6-14(10)23-9-19-21-22-23)20-27(24,25)13-4-2-3-12(8-13)26-15(16,17)18/h2-9,20H,1H3. The maximum absolute atomic E-state index is 12.5. The normalized spacial score (nSPS) is 12.0. The van der Waals surface area contributed by atoms with Crippen molar-refractivity contribution in [3.05, 3.63) is 54.4 Å². The van der Waals surface area contributed by atoms with Crippen LogP contribution in [0.1, 0.15) is 5.56 Å². The summed E-state index contributed by atoms with van der Waals surface area (Å²) in [6, 6.07) is 8.75. The van der Waals surface area contributed by atoms with E-state index in [4.69, 9.17) is 0 Å². The molecule has 0 spiro atoms. The summed E-state index contributed by atoms with van der Waals surface area (Å²) in [4.78, 5) is -0.369. The van der Waals surface area contributed by atoms with E-state index in [1.807, 2.05) is 0 Å². The molecule has 0 saturated carbocycles. The molecule has 0 radical (unpaired) electrons. The zero-order valence-electron chi connectivity index (χ0n) is 13.7. The lowest BCUT2D eigenvalue weighted by atomic mass is 10.2. The summed E-state index contributed by atoms with van der Waals surface area (Å²) in [5.74, 6) is -0.629. The lowest BCUT2D eigenvalue weighted by Crippen LogP contribution is -2.18. The number of sulfonamides is 1. The van der Waals surface area contributed by atoms with Crippen LogP contribution in [0.25, 0.3) is 5.69 Å². The first-order valence-corrected chi connectivity index (χ1v) is 8.85. The second kappa shape index (κ2) is 6.87. The highest BCUT2D eigenvalue weighted by atomic mass is 32.2. The quantitative estimate of drug-likeness (QED) is 0.708. The number of alkyl halides is 3. The third-order valence-electron chi connectivity index (χ3n) is 3.39. The molecule has 3 aromatic rings. The van der Waals surface area contributed by atoms with Gasteiger partial charge in [-0.1, -0.05) is 6.07 Å². The maximum atomic E-state index is 12.5. The SMILES string of the molecule is Cc1cc(NS(=O)(=O)c2cccc(OC(F)(F)F)c2)ccc1-n1cnnn1. The molecule has 1 N–H and O–H groups in total. The molecule has 1 aromatic heterocycles. The van der Waals surface area contributed by atoms with E-state index >= 15 is 0 Å². The van der Waals surface area contributed by atoms with Crippen LogP contribution in [0, 0.1) is 6.92 Å². The first-order valence-electron chi connectivity index (χ1n) is 7.37. The number of ether oxygens (including phenoxy) is 1. The minimum Gasteiger partial charge on any atom is -0.406 e. The van der Waals surface area contributed by atoms with Crippen molar-refractivity contribution in [2.75, 3.05) is 4.72 Å². The molecule has 8 nitrogen and oxygen atoms in total. The Balaban J connectivity index is 1.85. The van der Waals surface area contributed by atoms with Crippen LogP contribution in [-0.4, -0.2) is 35.0 Å². The van der Waals surface area contributed by atoms with Gasteiger partial charge in [0, 0.05) is 11.8 Å². The predicted molar refractivity (Wildman–Crippen MR) is 87.8 cm³/mol. The van der Waals surface area contributed by atoms with E-state index in [0.717, 1.165) is 24.3 Å². The van der Waals surface area contributed by atoms with E-state index in [1.165, 1.54) is 17.1 Å². The Hall–Kier alpha value is -3.15. The Morgan fingerprint density at radius 2 is 1.93 bits per heavy atom. The summed E-state index contributed by atoms with van der Waals surface area (Å²) in [7, 11) is -4.12. The number of hydrogen-bond acceptors (Lipinski definition) is 6. The smallest absolute Gasteiger partial charge is 0.406 e. The second-order valence-corrected chi connectivity index (χ2v) is 7.07. The molecule has 12 heteroatoms. The summed E-state index contributed by atoms with van der Waals surface area (Å²) in [6.07, 6.45) is -3.53. The lowest BCUT2D eigenvalue weighted by molar-refractivity contribution is -0.274. The average Bonchev–Trinajstić information content (AvgIpc) is 3.07. The van der Waals surface area contributed by atoms with Crippen molar-refractivity contribution >= 4 is 15.7 Å². The molecular formula is C15H12F3N5O3S. The van der Waals surface area contributed by atoms with Crippen molar-refractivity contribution in [2.45, 2.75) is 18.2 Å². The van der Waals surface area contributed by atoms with Crippen molar-refractivity contribution in [2.24, 2.45) is 0 Å². The number of rotatable bonds is 5. The number of nitrogens with zero attached hydrogens (tertiary/aromatic N) is 4. The number of nitrogens with one attached hydrogen (secondary N) is 1. The van der Waals surface area contributed by atoms with Gasteiger partial charge in [-0.2, -0.15) is 0 Å². The molecule has 1 heterocycles. The molecule has 27 heavy (non-hydrogen) atoms. The number of aryl methyl sites for hydroxylation is 1. The van der Waals surface area contributed by atoms with Gasteiger partial charge in [-0.3, -0.25) is 4.72 Å². The van der Waals surface area contributed by atoms with Gasteiger partial charge in [-0.05, 0) is 53.2 Å². The zero-order chi connectivity index (χ0) is 19.7. The molecular weight excluding hydrogens is 387 g/mol.